The van der Waals surface area contributed by atoms with E-state index in [0.717, 1.165) is 57.3 Å². The summed E-state index contributed by atoms with van der Waals surface area (Å²) in [5.74, 6) is 0. The van der Waals surface area contributed by atoms with Gasteiger partial charge in [-0.2, -0.15) is 13.1 Å². The van der Waals surface area contributed by atoms with Gasteiger partial charge in [0.2, 0.25) is 0 Å². The third kappa shape index (κ3) is 4.80. The molecule has 0 bridgehead atoms. The minimum absolute atomic E-state index is 0.264. The molecular formula is C19H30N4O3S. The van der Waals surface area contributed by atoms with Gasteiger partial charge in [0.15, 0.2) is 0 Å². The van der Waals surface area contributed by atoms with Gasteiger partial charge in [0, 0.05) is 18.8 Å². The number of aryl methyl sites for hydroxylation is 2. The van der Waals surface area contributed by atoms with Crippen LogP contribution < -0.4 is 14.8 Å². The van der Waals surface area contributed by atoms with Gasteiger partial charge in [0.25, 0.3) is 0 Å². The predicted octanol–water partition coefficient (Wildman–Crippen LogP) is 1.96. The molecule has 1 aromatic rings. The van der Waals surface area contributed by atoms with Gasteiger partial charge in [-0.15, -0.1) is 0 Å². The number of hydrogen-bond donors (Lipinski definition) is 3. The van der Waals surface area contributed by atoms with Crippen LogP contribution in [0, 0.1) is 0 Å². The second-order valence-electron chi connectivity index (χ2n) is 7.21. The van der Waals surface area contributed by atoms with Crippen molar-refractivity contribution in [2.75, 3.05) is 31.5 Å². The van der Waals surface area contributed by atoms with Gasteiger partial charge in [-0.25, -0.2) is 9.52 Å². The number of hydrogen-bond acceptors (Lipinski definition) is 4. The molecule has 3 N–H and O–H groups in total. The van der Waals surface area contributed by atoms with E-state index in [4.69, 9.17) is 0 Å². The fourth-order valence-electron chi connectivity index (χ4n) is 4.14. The van der Waals surface area contributed by atoms with E-state index < -0.39 is 16.2 Å². The van der Waals surface area contributed by atoms with E-state index in [1.54, 1.807) is 0 Å². The molecule has 150 valence electrons. The molecule has 0 saturated heterocycles. The summed E-state index contributed by atoms with van der Waals surface area (Å²) in [5, 5.41) is 2.84. The average molecular weight is 395 g/mol. The molecule has 2 amide bonds. The molecule has 3 rings (SSSR count). The van der Waals surface area contributed by atoms with E-state index in [0.29, 0.717) is 6.54 Å². The van der Waals surface area contributed by atoms with Crippen molar-refractivity contribution in [1.82, 2.24) is 14.3 Å². The Labute approximate surface area is 162 Å². The highest BCUT2D eigenvalue weighted by atomic mass is 32.2. The standard InChI is InChI=1S/C19H30N4O3S/c1-3-23(4-2)12-11-20-27(25,26)22-19(24)21-18-16-9-5-7-14(16)13-15-8-6-10-17(15)18/h13,20H,3-12H2,1-2H3,(H2,21,22,24). The van der Waals surface area contributed by atoms with Crippen LogP contribution in [0.2, 0.25) is 0 Å². The van der Waals surface area contributed by atoms with Crippen molar-refractivity contribution in [3.63, 3.8) is 0 Å². The van der Waals surface area contributed by atoms with Crippen LogP contribution in [0.4, 0.5) is 10.5 Å². The Morgan fingerprint density at radius 3 is 2.19 bits per heavy atom. The summed E-state index contributed by atoms with van der Waals surface area (Å²) in [6, 6.07) is 1.58. The summed E-state index contributed by atoms with van der Waals surface area (Å²) >= 11 is 0. The molecule has 8 heteroatoms. The first-order valence-electron chi connectivity index (χ1n) is 9.90. The third-order valence-corrected chi connectivity index (χ3v) is 6.59. The number of carbonyl (C=O) groups excluding carboxylic acids is 1. The molecular weight excluding hydrogens is 364 g/mol. The molecule has 0 spiro atoms. The predicted molar refractivity (Wildman–Crippen MR) is 107 cm³/mol. The maximum absolute atomic E-state index is 12.4. The molecule has 0 saturated carbocycles. The van der Waals surface area contributed by atoms with E-state index in [1.165, 1.54) is 22.3 Å². The van der Waals surface area contributed by atoms with Gasteiger partial charge in [0.05, 0.1) is 0 Å². The highest BCUT2D eigenvalue weighted by Crippen LogP contribution is 2.38. The number of rotatable bonds is 8. The van der Waals surface area contributed by atoms with E-state index in [-0.39, 0.29) is 6.54 Å². The average Bonchev–Trinajstić information content (AvgIpc) is 3.27. The first-order valence-corrected chi connectivity index (χ1v) is 11.4. The molecule has 0 aromatic heterocycles. The number of urea groups is 1. The first-order chi connectivity index (χ1) is 12.9. The van der Waals surface area contributed by atoms with Crippen LogP contribution in [0.1, 0.15) is 48.9 Å². The van der Waals surface area contributed by atoms with Gasteiger partial charge < -0.3 is 10.2 Å². The molecule has 0 aliphatic heterocycles. The maximum atomic E-state index is 12.4. The Balaban J connectivity index is 1.63. The summed E-state index contributed by atoms with van der Waals surface area (Å²) in [7, 11) is -3.88. The summed E-state index contributed by atoms with van der Waals surface area (Å²) in [6.45, 7) is 6.64. The zero-order chi connectivity index (χ0) is 19.4. The van der Waals surface area contributed by atoms with Crippen LogP contribution in [-0.2, 0) is 35.9 Å². The summed E-state index contributed by atoms with van der Waals surface area (Å²) in [4.78, 5) is 14.5. The molecule has 2 aliphatic carbocycles. The van der Waals surface area contributed by atoms with Crippen LogP contribution in [0.15, 0.2) is 6.07 Å². The minimum Gasteiger partial charge on any atom is -0.307 e. The highest BCUT2D eigenvalue weighted by Gasteiger charge is 2.25. The van der Waals surface area contributed by atoms with Gasteiger partial charge in [0.1, 0.15) is 0 Å². The smallest absolute Gasteiger partial charge is 0.307 e. The maximum Gasteiger partial charge on any atom is 0.333 e. The van der Waals surface area contributed by atoms with E-state index in [9.17, 15) is 13.2 Å². The van der Waals surface area contributed by atoms with E-state index in [1.807, 2.05) is 13.8 Å². The van der Waals surface area contributed by atoms with Crippen molar-refractivity contribution in [3.8, 4) is 0 Å². The van der Waals surface area contributed by atoms with Crippen molar-refractivity contribution in [2.24, 2.45) is 0 Å². The topological polar surface area (TPSA) is 90.5 Å². The van der Waals surface area contributed by atoms with Gasteiger partial charge >= 0.3 is 16.2 Å². The normalized spacial score (nSPS) is 15.7. The van der Waals surface area contributed by atoms with Gasteiger partial charge in [-0.05, 0) is 73.9 Å². The number of anilines is 1. The van der Waals surface area contributed by atoms with Crippen molar-refractivity contribution >= 4 is 21.9 Å². The quantitative estimate of drug-likeness (QED) is 0.629. The van der Waals surface area contributed by atoms with Crippen LogP contribution in [-0.4, -0.2) is 45.5 Å². The lowest BCUT2D eigenvalue weighted by Gasteiger charge is -2.19. The number of nitrogens with one attached hydrogen (secondary N) is 3. The first kappa shape index (κ1) is 20.1. The number of benzene rings is 1. The Hall–Kier alpha value is -1.64. The molecule has 27 heavy (non-hydrogen) atoms. The molecule has 0 radical (unpaired) electrons. The number of likely N-dealkylation sites (N-methyl/N-ethyl adjacent to an activating group) is 1. The molecule has 1 aromatic carbocycles. The Morgan fingerprint density at radius 1 is 1.04 bits per heavy atom. The Kier molecular flexibility index (Phi) is 6.39. The van der Waals surface area contributed by atoms with Gasteiger partial charge in [-0.3, -0.25) is 0 Å². The van der Waals surface area contributed by atoms with Crippen molar-refractivity contribution in [2.45, 2.75) is 52.4 Å². The summed E-state index contributed by atoms with van der Waals surface area (Å²) < 4.78 is 28.8. The largest absolute Gasteiger partial charge is 0.333 e. The van der Waals surface area contributed by atoms with Crippen LogP contribution >= 0.6 is 0 Å². The molecule has 0 unspecified atom stereocenters. The lowest BCUT2D eigenvalue weighted by atomic mass is 9.99. The highest BCUT2D eigenvalue weighted by molar-refractivity contribution is 7.88. The summed E-state index contributed by atoms with van der Waals surface area (Å²) in [6.07, 6.45) is 6.11. The van der Waals surface area contributed by atoms with E-state index >= 15 is 0 Å². The molecule has 0 atom stereocenters. The van der Waals surface area contributed by atoms with Crippen molar-refractivity contribution < 1.29 is 13.2 Å². The van der Waals surface area contributed by atoms with Crippen LogP contribution in [0.5, 0.6) is 0 Å². The van der Waals surface area contributed by atoms with Crippen molar-refractivity contribution in [1.29, 1.82) is 0 Å². The molecule has 2 aliphatic rings. The minimum atomic E-state index is -3.88. The monoisotopic (exact) mass is 394 g/mol. The Bertz CT molecular complexity index is 771. The SMILES string of the molecule is CCN(CC)CCNS(=O)(=O)NC(=O)Nc1c2c(cc3c1CCC3)CCC2. The van der Waals surface area contributed by atoms with Gasteiger partial charge in [-0.1, -0.05) is 19.9 Å². The zero-order valence-electron chi connectivity index (χ0n) is 16.2. The second kappa shape index (κ2) is 8.58. The number of fused-ring (bicyclic) bond motifs is 2. The fraction of sp³-hybridized carbons (Fsp3) is 0.632. The second-order valence-corrected chi connectivity index (χ2v) is 8.71. The van der Waals surface area contributed by atoms with E-state index in [2.05, 4.69) is 25.7 Å². The van der Waals surface area contributed by atoms with Crippen LogP contribution in [0.3, 0.4) is 0 Å². The zero-order valence-corrected chi connectivity index (χ0v) is 17.0. The van der Waals surface area contributed by atoms with Crippen molar-refractivity contribution in [3.05, 3.63) is 28.3 Å². The molecule has 7 nitrogen and oxygen atoms in total. The number of carbonyl (C=O) groups is 1. The molecule has 0 heterocycles. The number of nitrogens with zero attached hydrogens (tertiary/aromatic N) is 1. The lowest BCUT2D eigenvalue weighted by molar-refractivity contribution is 0.256. The summed E-state index contributed by atoms with van der Waals surface area (Å²) in [5.41, 5.74) is 5.79. The molecule has 0 fully saturated rings. The van der Waals surface area contributed by atoms with Crippen LogP contribution in [0.25, 0.3) is 0 Å². The lowest BCUT2D eigenvalue weighted by Crippen LogP contribution is -2.45. The number of amides is 2. The fourth-order valence-corrected chi connectivity index (χ4v) is 4.87. The Morgan fingerprint density at radius 2 is 1.63 bits per heavy atom. The third-order valence-electron chi connectivity index (χ3n) is 5.55.